The van der Waals surface area contributed by atoms with Gasteiger partial charge in [0.05, 0.1) is 61.1 Å². The smallest absolute Gasteiger partial charge is 0.259 e. The summed E-state index contributed by atoms with van der Waals surface area (Å²) in [6.07, 6.45) is 2.32. The molecule has 2 unspecified atom stereocenters. The van der Waals surface area contributed by atoms with Gasteiger partial charge in [-0.1, -0.05) is 48.5 Å². The molecule has 2 N–H and O–H groups in total. The van der Waals surface area contributed by atoms with Gasteiger partial charge >= 0.3 is 0 Å². The molecule has 200 valence electrons. The van der Waals surface area contributed by atoms with E-state index < -0.39 is 12.2 Å². The number of nitrogens with zero attached hydrogens (tertiary/aromatic N) is 2. The Kier molecular flexibility index (Phi) is 8.58. The summed E-state index contributed by atoms with van der Waals surface area (Å²) in [4.78, 5) is 30.9. The minimum absolute atomic E-state index is 0.130. The second-order valence-corrected chi connectivity index (χ2v) is 9.43. The predicted molar refractivity (Wildman–Crippen MR) is 145 cm³/mol. The van der Waals surface area contributed by atoms with Crippen molar-refractivity contribution in [3.8, 4) is 0 Å². The van der Waals surface area contributed by atoms with Crippen LogP contribution >= 0.6 is 0 Å². The number of benzene rings is 2. The van der Waals surface area contributed by atoms with Crippen LogP contribution in [0.15, 0.2) is 71.8 Å². The van der Waals surface area contributed by atoms with Crippen molar-refractivity contribution in [2.75, 3.05) is 40.5 Å². The first-order chi connectivity index (χ1) is 18.3. The molecule has 0 radical (unpaired) electrons. The molecule has 0 saturated heterocycles. The first kappa shape index (κ1) is 27.5. The molecular weight excluding hydrogens is 484 g/mol. The van der Waals surface area contributed by atoms with Gasteiger partial charge in [0, 0.05) is 25.3 Å². The Hall–Kier alpha value is -3.56. The number of methoxy groups -OCH3 is 2. The number of carbonyl (C=O) groups is 2. The average Bonchev–Trinajstić information content (AvgIpc) is 3.41. The maximum absolute atomic E-state index is 13.9. The van der Waals surface area contributed by atoms with Crippen LogP contribution in [-0.2, 0) is 19.1 Å². The van der Waals surface area contributed by atoms with E-state index in [1.54, 1.807) is 22.0 Å². The van der Waals surface area contributed by atoms with Gasteiger partial charge in [0.2, 0.25) is 0 Å². The number of aliphatic hydroxyl groups excluding tert-OH is 2. The van der Waals surface area contributed by atoms with Crippen LogP contribution in [0.2, 0.25) is 0 Å². The van der Waals surface area contributed by atoms with Crippen LogP contribution in [0.5, 0.6) is 0 Å². The summed E-state index contributed by atoms with van der Waals surface area (Å²) in [5.74, 6) is -0.676. The summed E-state index contributed by atoms with van der Waals surface area (Å²) in [5, 5.41) is 19.5. The molecule has 2 amide bonds. The van der Waals surface area contributed by atoms with E-state index in [1.165, 1.54) is 14.2 Å². The third kappa shape index (κ3) is 5.21. The van der Waals surface area contributed by atoms with Crippen molar-refractivity contribution in [2.45, 2.75) is 26.1 Å². The fourth-order valence-corrected chi connectivity index (χ4v) is 4.80. The number of carbonyl (C=O) groups excluding carboxylic acids is 2. The van der Waals surface area contributed by atoms with Crippen molar-refractivity contribution < 1.29 is 29.3 Å². The van der Waals surface area contributed by atoms with Crippen molar-refractivity contribution in [1.29, 1.82) is 0 Å². The summed E-state index contributed by atoms with van der Waals surface area (Å²) in [5.41, 5.74) is 5.50. The summed E-state index contributed by atoms with van der Waals surface area (Å²) >= 11 is 0. The Bertz CT molecular complexity index is 1200. The highest BCUT2D eigenvalue weighted by Gasteiger charge is 2.39. The van der Waals surface area contributed by atoms with Gasteiger partial charge in [-0.25, -0.2) is 0 Å². The van der Waals surface area contributed by atoms with E-state index in [0.29, 0.717) is 11.4 Å². The van der Waals surface area contributed by atoms with E-state index in [2.05, 4.69) is 0 Å². The fourth-order valence-electron chi connectivity index (χ4n) is 4.80. The molecule has 38 heavy (non-hydrogen) atoms. The number of hydrogen-bond donors (Lipinski definition) is 2. The van der Waals surface area contributed by atoms with Gasteiger partial charge in [-0.3, -0.25) is 9.59 Å². The minimum Gasteiger partial charge on any atom is -0.394 e. The second kappa shape index (κ2) is 11.9. The molecule has 0 spiro atoms. The predicted octanol–water partition coefficient (Wildman–Crippen LogP) is 2.68. The zero-order valence-corrected chi connectivity index (χ0v) is 22.2. The van der Waals surface area contributed by atoms with E-state index in [4.69, 9.17) is 9.47 Å². The Morgan fingerprint density at radius 2 is 1.05 bits per heavy atom. The molecule has 2 aliphatic rings. The number of aryl methyl sites for hydroxylation is 2. The lowest BCUT2D eigenvalue weighted by Crippen LogP contribution is -2.38. The SMILES string of the molecule is COC(CO)CN1C(=O)C(=C2C=C(c3ccccc3C)N(CC(CO)OC)C2=O)C=C1c1ccccc1C. The monoisotopic (exact) mass is 518 g/mol. The third-order valence-corrected chi connectivity index (χ3v) is 7.07. The van der Waals surface area contributed by atoms with Gasteiger partial charge in [-0.05, 0) is 37.1 Å². The lowest BCUT2D eigenvalue weighted by Gasteiger charge is -2.26. The molecule has 8 heteroatoms. The van der Waals surface area contributed by atoms with Crippen LogP contribution in [-0.4, -0.2) is 84.6 Å². The molecule has 2 aliphatic heterocycles. The molecule has 2 aromatic carbocycles. The van der Waals surface area contributed by atoms with E-state index >= 15 is 0 Å². The average molecular weight is 519 g/mol. The van der Waals surface area contributed by atoms with Crippen LogP contribution in [0.3, 0.4) is 0 Å². The van der Waals surface area contributed by atoms with Gasteiger partial charge in [-0.15, -0.1) is 0 Å². The molecule has 8 nitrogen and oxygen atoms in total. The largest absolute Gasteiger partial charge is 0.394 e. The molecule has 2 heterocycles. The van der Waals surface area contributed by atoms with E-state index in [-0.39, 0.29) is 49.3 Å². The molecule has 0 bridgehead atoms. The highest BCUT2D eigenvalue weighted by Crippen LogP contribution is 2.38. The van der Waals surface area contributed by atoms with Gasteiger partial charge in [0.15, 0.2) is 0 Å². The Balaban J connectivity index is 1.88. The molecule has 0 aromatic heterocycles. The number of hydrogen-bond acceptors (Lipinski definition) is 6. The van der Waals surface area contributed by atoms with Crippen LogP contribution in [0, 0.1) is 13.8 Å². The van der Waals surface area contributed by atoms with Crippen LogP contribution in [0.1, 0.15) is 22.3 Å². The molecule has 2 atom stereocenters. The zero-order valence-electron chi connectivity index (χ0n) is 22.2. The molecule has 0 aliphatic carbocycles. The maximum Gasteiger partial charge on any atom is 0.259 e. The van der Waals surface area contributed by atoms with Crippen LogP contribution in [0.25, 0.3) is 11.4 Å². The number of ether oxygens (including phenoxy) is 2. The van der Waals surface area contributed by atoms with Crippen molar-refractivity contribution >= 4 is 23.2 Å². The molecule has 2 aromatic rings. The lowest BCUT2D eigenvalue weighted by atomic mass is 10.0. The van der Waals surface area contributed by atoms with E-state index in [1.807, 2.05) is 62.4 Å². The first-order valence-corrected chi connectivity index (χ1v) is 12.5. The number of aliphatic hydroxyl groups is 2. The Labute approximate surface area is 223 Å². The Morgan fingerprint density at radius 1 is 0.684 bits per heavy atom. The van der Waals surface area contributed by atoms with Crippen LogP contribution in [0.4, 0.5) is 0 Å². The third-order valence-electron chi connectivity index (χ3n) is 7.07. The fraction of sp³-hybridized carbons (Fsp3) is 0.333. The molecule has 0 saturated carbocycles. The quantitative estimate of drug-likeness (QED) is 0.470. The standard InChI is InChI=1S/C30H34N2O6/c1-19-9-5-7-11-23(19)27-13-25(29(35)31(27)15-21(17-33)37-3)26-14-28(24-12-8-6-10-20(24)2)32(30(26)36)16-22(18-34)38-4/h5-14,21-22,33-34H,15-18H2,1-4H3. The van der Waals surface area contributed by atoms with E-state index in [9.17, 15) is 19.8 Å². The Morgan fingerprint density at radius 3 is 1.37 bits per heavy atom. The summed E-state index contributed by atoms with van der Waals surface area (Å²) in [6.45, 7) is 3.68. The van der Waals surface area contributed by atoms with Crippen molar-refractivity contribution in [2.24, 2.45) is 0 Å². The first-order valence-electron chi connectivity index (χ1n) is 12.5. The number of rotatable bonds is 10. The van der Waals surface area contributed by atoms with Crippen LogP contribution < -0.4 is 0 Å². The lowest BCUT2D eigenvalue weighted by molar-refractivity contribution is -0.127. The highest BCUT2D eigenvalue weighted by molar-refractivity contribution is 6.18. The van der Waals surface area contributed by atoms with Crippen molar-refractivity contribution in [1.82, 2.24) is 9.80 Å². The summed E-state index contributed by atoms with van der Waals surface area (Å²) in [7, 11) is 2.97. The zero-order chi connectivity index (χ0) is 27.4. The minimum atomic E-state index is -0.586. The van der Waals surface area contributed by atoms with Gasteiger partial charge in [0.25, 0.3) is 11.8 Å². The van der Waals surface area contributed by atoms with Gasteiger partial charge < -0.3 is 29.5 Å². The molecule has 4 rings (SSSR count). The molecular formula is C30H34N2O6. The van der Waals surface area contributed by atoms with Crippen molar-refractivity contribution in [3.05, 3.63) is 94.1 Å². The normalized spacial score (nSPS) is 19.2. The van der Waals surface area contributed by atoms with Crippen molar-refractivity contribution in [3.63, 3.8) is 0 Å². The van der Waals surface area contributed by atoms with E-state index in [0.717, 1.165) is 22.3 Å². The number of amides is 2. The van der Waals surface area contributed by atoms with Gasteiger partial charge in [0.1, 0.15) is 0 Å². The highest BCUT2D eigenvalue weighted by atomic mass is 16.5. The topological polar surface area (TPSA) is 99.5 Å². The second-order valence-electron chi connectivity index (χ2n) is 9.43. The summed E-state index contributed by atoms with van der Waals surface area (Å²) < 4.78 is 10.7. The van der Waals surface area contributed by atoms with Gasteiger partial charge in [-0.2, -0.15) is 0 Å². The molecule has 0 fully saturated rings. The maximum atomic E-state index is 13.9. The summed E-state index contributed by atoms with van der Waals surface area (Å²) in [6, 6.07) is 15.4.